The standard InChI is InChI=1S/C38H36N2O2/c1-27-20-22-31(23-21-27)37-36(34-19-11-15-30-14-9-10-18-33(30)34)38(42-40(37)32-16-7-4-8-17-32)26-39(25-24-35(38)41)28(2)29-12-5-3-6-13-29/h3-23,28,36-37H,24-26H2,1-2H3/t28-,36-,37+,38+/m1/s1. The summed E-state index contributed by atoms with van der Waals surface area (Å²) >= 11 is 0. The summed E-state index contributed by atoms with van der Waals surface area (Å²) in [6, 6.07) is 44.5. The number of benzene rings is 5. The van der Waals surface area contributed by atoms with Gasteiger partial charge < -0.3 is 0 Å². The third-order valence-corrected chi connectivity index (χ3v) is 9.29. The predicted octanol–water partition coefficient (Wildman–Crippen LogP) is 8.20. The summed E-state index contributed by atoms with van der Waals surface area (Å²) < 4.78 is 0. The number of rotatable bonds is 5. The molecular formula is C38H36N2O2. The molecule has 5 aromatic rings. The number of nitrogens with zero attached hydrogens (tertiary/aromatic N) is 2. The van der Waals surface area contributed by atoms with Crippen LogP contribution < -0.4 is 5.06 Å². The molecule has 5 aromatic carbocycles. The highest BCUT2D eigenvalue weighted by Crippen LogP contribution is 2.56. The Kier molecular flexibility index (Phi) is 6.89. The maximum Gasteiger partial charge on any atom is 0.176 e. The number of Topliss-reactive ketones (excluding diaryl/α,β-unsaturated/α-hetero) is 1. The molecule has 0 radical (unpaired) electrons. The lowest BCUT2D eigenvalue weighted by molar-refractivity contribution is -0.151. The summed E-state index contributed by atoms with van der Waals surface area (Å²) in [6.45, 7) is 5.58. The summed E-state index contributed by atoms with van der Waals surface area (Å²) in [7, 11) is 0. The average molecular weight is 553 g/mol. The van der Waals surface area contributed by atoms with Gasteiger partial charge in [0.1, 0.15) is 0 Å². The molecule has 0 saturated carbocycles. The highest BCUT2D eigenvalue weighted by molar-refractivity contribution is 5.93. The summed E-state index contributed by atoms with van der Waals surface area (Å²) in [4.78, 5) is 24.1. The average Bonchev–Trinajstić information content (AvgIpc) is 3.38. The molecule has 0 aromatic heterocycles. The minimum atomic E-state index is -1.06. The molecule has 0 bridgehead atoms. The van der Waals surface area contributed by atoms with Crippen LogP contribution in [0.25, 0.3) is 10.8 Å². The molecule has 0 N–H and O–H groups in total. The summed E-state index contributed by atoms with van der Waals surface area (Å²) in [5.74, 6) is -0.0581. The quantitative estimate of drug-likeness (QED) is 0.220. The molecule has 0 amide bonds. The largest absolute Gasteiger partial charge is 0.296 e. The first kappa shape index (κ1) is 26.6. The molecule has 4 atom stereocenters. The second-order valence-corrected chi connectivity index (χ2v) is 11.8. The summed E-state index contributed by atoms with van der Waals surface area (Å²) in [5, 5.41) is 4.37. The Balaban J connectivity index is 1.45. The topological polar surface area (TPSA) is 32.8 Å². The Morgan fingerprint density at radius 1 is 0.786 bits per heavy atom. The van der Waals surface area contributed by atoms with Crippen LogP contribution in [-0.4, -0.2) is 29.4 Å². The molecule has 42 heavy (non-hydrogen) atoms. The maximum atomic E-state index is 14.5. The smallest absolute Gasteiger partial charge is 0.176 e. The second kappa shape index (κ2) is 10.9. The third kappa shape index (κ3) is 4.52. The monoisotopic (exact) mass is 552 g/mol. The number of aryl methyl sites for hydroxylation is 1. The van der Waals surface area contributed by atoms with Crippen LogP contribution in [0.2, 0.25) is 0 Å². The van der Waals surface area contributed by atoms with Gasteiger partial charge in [-0.3, -0.25) is 14.5 Å². The predicted molar refractivity (Wildman–Crippen MR) is 169 cm³/mol. The zero-order valence-electron chi connectivity index (χ0n) is 24.2. The minimum Gasteiger partial charge on any atom is -0.296 e. The summed E-state index contributed by atoms with van der Waals surface area (Å²) in [6.07, 6.45) is 0.446. The van der Waals surface area contributed by atoms with Crippen LogP contribution in [0.5, 0.6) is 0 Å². The van der Waals surface area contributed by atoms with Crippen LogP contribution in [0.1, 0.15) is 53.6 Å². The normalized spacial score (nSPS) is 23.5. The molecule has 7 rings (SSSR count). The fourth-order valence-corrected chi connectivity index (χ4v) is 7.05. The number of likely N-dealkylation sites (tertiary alicyclic amines) is 1. The molecule has 2 saturated heterocycles. The molecule has 210 valence electrons. The van der Waals surface area contributed by atoms with E-state index in [1.165, 1.54) is 21.9 Å². The Morgan fingerprint density at radius 3 is 2.21 bits per heavy atom. The number of hydrogen-bond acceptors (Lipinski definition) is 4. The van der Waals surface area contributed by atoms with Crippen LogP contribution in [-0.2, 0) is 9.63 Å². The van der Waals surface area contributed by atoms with Gasteiger partial charge in [-0.1, -0.05) is 121 Å². The number of hydroxylamine groups is 1. The number of para-hydroxylation sites is 1. The van der Waals surface area contributed by atoms with Crippen molar-refractivity contribution in [1.82, 2.24) is 4.90 Å². The summed E-state index contributed by atoms with van der Waals surface area (Å²) in [5.41, 5.74) is 4.64. The molecular weight excluding hydrogens is 516 g/mol. The van der Waals surface area contributed by atoms with Gasteiger partial charge in [-0.25, -0.2) is 5.06 Å². The van der Waals surface area contributed by atoms with Crippen molar-refractivity contribution in [2.45, 2.75) is 43.9 Å². The van der Waals surface area contributed by atoms with Gasteiger partial charge in [0.25, 0.3) is 0 Å². The fourth-order valence-electron chi connectivity index (χ4n) is 7.05. The molecule has 4 nitrogen and oxygen atoms in total. The Morgan fingerprint density at radius 2 is 1.45 bits per heavy atom. The van der Waals surface area contributed by atoms with Crippen molar-refractivity contribution in [2.75, 3.05) is 18.2 Å². The molecule has 2 heterocycles. The van der Waals surface area contributed by atoms with Crippen LogP contribution >= 0.6 is 0 Å². The molecule has 2 aliphatic heterocycles. The van der Waals surface area contributed by atoms with Gasteiger partial charge in [-0.2, -0.15) is 0 Å². The lowest BCUT2D eigenvalue weighted by Gasteiger charge is -2.43. The molecule has 0 aliphatic carbocycles. The Labute approximate surface area is 248 Å². The molecule has 2 aliphatic rings. The van der Waals surface area contributed by atoms with E-state index in [4.69, 9.17) is 4.84 Å². The highest BCUT2D eigenvalue weighted by Gasteiger charge is 2.62. The van der Waals surface area contributed by atoms with Gasteiger partial charge >= 0.3 is 0 Å². The molecule has 1 spiro atoms. The fraction of sp³-hybridized carbons (Fsp3) is 0.237. The van der Waals surface area contributed by atoms with E-state index in [-0.39, 0.29) is 23.8 Å². The maximum absolute atomic E-state index is 14.5. The van der Waals surface area contributed by atoms with Gasteiger partial charge in [0.15, 0.2) is 11.4 Å². The van der Waals surface area contributed by atoms with Gasteiger partial charge in [-0.05, 0) is 53.4 Å². The van der Waals surface area contributed by atoms with E-state index in [1.54, 1.807) is 0 Å². The van der Waals surface area contributed by atoms with Crippen LogP contribution in [0.4, 0.5) is 5.69 Å². The number of ketones is 1. The number of piperidine rings is 1. The number of carbonyl (C=O) groups is 1. The van der Waals surface area contributed by atoms with E-state index in [0.29, 0.717) is 19.5 Å². The lowest BCUT2D eigenvalue weighted by Crippen LogP contribution is -2.58. The third-order valence-electron chi connectivity index (χ3n) is 9.29. The van der Waals surface area contributed by atoms with E-state index in [9.17, 15) is 4.79 Å². The number of carbonyl (C=O) groups excluding carboxylic acids is 1. The first-order valence-electron chi connectivity index (χ1n) is 14.9. The van der Waals surface area contributed by atoms with Crippen molar-refractivity contribution in [1.29, 1.82) is 0 Å². The second-order valence-electron chi connectivity index (χ2n) is 11.8. The Bertz CT molecular complexity index is 1700. The first-order valence-corrected chi connectivity index (χ1v) is 14.9. The highest BCUT2D eigenvalue weighted by atomic mass is 16.7. The number of fused-ring (bicyclic) bond motifs is 1. The van der Waals surface area contributed by atoms with Crippen LogP contribution in [0.3, 0.4) is 0 Å². The van der Waals surface area contributed by atoms with E-state index in [1.807, 2.05) is 23.3 Å². The number of anilines is 1. The first-order chi connectivity index (χ1) is 20.5. The van der Waals surface area contributed by atoms with Gasteiger partial charge in [-0.15, -0.1) is 0 Å². The van der Waals surface area contributed by atoms with E-state index < -0.39 is 5.60 Å². The van der Waals surface area contributed by atoms with E-state index in [2.05, 4.69) is 128 Å². The van der Waals surface area contributed by atoms with Crippen molar-refractivity contribution in [2.24, 2.45) is 0 Å². The molecule has 4 heteroatoms. The SMILES string of the molecule is Cc1ccc([C@H]2[C@@H](c3cccc4ccccc34)[C@@]3(CN([C@H](C)c4ccccc4)CCC3=O)ON2c2ccccc2)cc1. The minimum absolute atomic E-state index is 0.150. The Hall–Kier alpha value is -4.25. The van der Waals surface area contributed by atoms with Crippen LogP contribution in [0.15, 0.2) is 127 Å². The van der Waals surface area contributed by atoms with Crippen molar-refractivity contribution in [3.63, 3.8) is 0 Å². The lowest BCUT2D eigenvalue weighted by atomic mass is 9.70. The van der Waals surface area contributed by atoms with Crippen molar-refractivity contribution in [3.8, 4) is 0 Å². The molecule has 0 unspecified atom stereocenters. The van der Waals surface area contributed by atoms with Crippen molar-refractivity contribution in [3.05, 3.63) is 150 Å². The van der Waals surface area contributed by atoms with Crippen molar-refractivity contribution < 1.29 is 9.63 Å². The van der Waals surface area contributed by atoms with Crippen molar-refractivity contribution >= 4 is 22.2 Å². The molecule has 2 fully saturated rings. The van der Waals surface area contributed by atoms with Crippen LogP contribution in [0, 0.1) is 6.92 Å². The zero-order valence-corrected chi connectivity index (χ0v) is 24.2. The van der Waals surface area contributed by atoms with Gasteiger partial charge in [0.05, 0.1) is 17.6 Å². The van der Waals surface area contributed by atoms with Gasteiger partial charge in [0.2, 0.25) is 0 Å². The zero-order chi connectivity index (χ0) is 28.7. The van der Waals surface area contributed by atoms with E-state index in [0.717, 1.165) is 16.8 Å². The van der Waals surface area contributed by atoms with E-state index >= 15 is 0 Å². The number of hydrogen-bond donors (Lipinski definition) is 0. The van der Waals surface area contributed by atoms with Gasteiger partial charge in [0, 0.05) is 25.6 Å².